The van der Waals surface area contributed by atoms with Gasteiger partial charge >= 0.3 is 0 Å². The van der Waals surface area contributed by atoms with Gasteiger partial charge in [0.15, 0.2) is 5.96 Å². The monoisotopic (exact) mass is 337 g/mol. The zero-order valence-corrected chi connectivity index (χ0v) is 12.7. The lowest BCUT2D eigenvalue weighted by Crippen LogP contribution is -2.45. The van der Waals surface area contributed by atoms with Crippen molar-refractivity contribution in [2.75, 3.05) is 7.05 Å². The Bertz CT molecular complexity index is 230. The minimum Gasteiger partial charge on any atom is -0.354 e. The molecular weight excluding hydrogens is 313 g/mol. The van der Waals surface area contributed by atoms with Gasteiger partial charge in [-0.1, -0.05) is 6.92 Å². The lowest BCUT2D eigenvalue weighted by atomic mass is 9.87. The van der Waals surface area contributed by atoms with Crippen LogP contribution in [0, 0.1) is 5.92 Å². The van der Waals surface area contributed by atoms with Gasteiger partial charge in [0.25, 0.3) is 0 Å². The molecule has 2 N–H and O–H groups in total. The summed E-state index contributed by atoms with van der Waals surface area (Å²) in [6, 6.07) is 1.34. The van der Waals surface area contributed by atoms with Crippen molar-refractivity contribution in [3.63, 3.8) is 0 Å². The molecule has 0 unspecified atom stereocenters. The van der Waals surface area contributed by atoms with E-state index in [0.717, 1.165) is 11.9 Å². The van der Waals surface area contributed by atoms with Crippen LogP contribution in [0.5, 0.6) is 0 Å². The summed E-state index contributed by atoms with van der Waals surface area (Å²) < 4.78 is 0. The average molecular weight is 337 g/mol. The van der Waals surface area contributed by atoms with E-state index in [1.807, 2.05) is 7.05 Å². The summed E-state index contributed by atoms with van der Waals surface area (Å²) in [5, 5.41) is 6.97. The summed E-state index contributed by atoms with van der Waals surface area (Å²) in [5.74, 6) is 1.93. The Morgan fingerprint density at radius 1 is 0.938 bits per heavy atom. The van der Waals surface area contributed by atoms with Gasteiger partial charge in [-0.2, -0.15) is 0 Å². The minimum atomic E-state index is 0. The van der Waals surface area contributed by atoms with Crippen LogP contribution in [0.4, 0.5) is 0 Å². The van der Waals surface area contributed by atoms with E-state index in [4.69, 9.17) is 0 Å². The first-order chi connectivity index (χ1) is 7.28. The number of nitrogens with one attached hydrogen (secondary N) is 2. The van der Waals surface area contributed by atoms with Crippen LogP contribution in [-0.4, -0.2) is 25.1 Å². The fraction of sp³-hybridized carbons (Fsp3) is 0.917. The van der Waals surface area contributed by atoms with E-state index < -0.39 is 0 Å². The molecule has 2 saturated carbocycles. The lowest BCUT2D eigenvalue weighted by Gasteiger charge is -2.28. The van der Waals surface area contributed by atoms with Crippen molar-refractivity contribution < 1.29 is 0 Å². The van der Waals surface area contributed by atoms with Gasteiger partial charge in [-0.25, -0.2) is 0 Å². The van der Waals surface area contributed by atoms with Crippen molar-refractivity contribution in [1.29, 1.82) is 0 Å². The second-order valence-electron chi connectivity index (χ2n) is 5.09. The third-order valence-electron chi connectivity index (χ3n) is 3.50. The molecule has 0 atom stereocenters. The Labute approximate surface area is 116 Å². The van der Waals surface area contributed by atoms with E-state index in [2.05, 4.69) is 22.5 Å². The normalized spacial score (nSPS) is 30.5. The summed E-state index contributed by atoms with van der Waals surface area (Å²) in [5.41, 5.74) is 0. The van der Waals surface area contributed by atoms with Crippen molar-refractivity contribution in [1.82, 2.24) is 10.6 Å². The predicted octanol–water partition coefficient (Wildman–Crippen LogP) is 2.51. The smallest absolute Gasteiger partial charge is 0.191 e. The van der Waals surface area contributed by atoms with Gasteiger partial charge in [-0.3, -0.25) is 4.99 Å². The molecule has 2 rings (SSSR count). The van der Waals surface area contributed by atoms with E-state index in [1.165, 1.54) is 38.5 Å². The molecule has 2 aliphatic carbocycles. The Morgan fingerprint density at radius 2 is 1.38 bits per heavy atom. The van der Waals surface area contributed by atoms with Crippen molar-refractivity contribution in [2.24, 2.45) is 10.9 Å². The summed E-state index contributed by atoms with van der Waals surface area (Å²) in [4.78, 5) is 4.28. The molecule has 16 heavy (non-hydrogen) atoms. The summed E-state index contributed by atoms with van der Waals surface area (Å²) in [6.07, 6.45) is 7.93. The molecule has 0 spiro atoms. The standard InChI is InChI=1S/C12H23N3.HI/c1-9-3-5-10(6-4-9)14-12(13-2)15-11-7-8-11;/h9-11H,3-8H2,1-2H3,(H2,13,14,15);1H. The molecule has 0 aliphatic heterocycles. The van der Waals surface area contributed by atoms with Crippen molar-refractivity contribution >= 4 is 29.9 Å². The molecular formula is C12H24IN3. The zero-order valence-electron chi connectivity index (χ0n) is 10.3. The number of guanidine groups is 1. The Balaban J connectivity index is 0.00000128. The van der Waals surface area contributed by atoms with Gasteiger partial charge < -0.3 is 10.6 Å². The first-order valence-corrected chi connectivity index (χ1v) is 6.28. The molecule has 2 fully saturated rings. The van der Waals surface area contributed by atoms with Crippen LogP contribution >= 0.6 is 24.0 Å². The highest BCUT2D eigenvalue weighted by atomic mass is 127. The highest BCUT2D eigenvalue weighted by Gasteiger charge is 2.24. The van der Waals surface area contributed by atoms with Gasteiger partial charge in [0.05, 0.1) is 0 Å². The maximum atomic E-state index is 4.28. The van der Waals surface area contributed by atoms with Gasteiger partial charge in [-0.15, -0.1) is 24.0 Å². The maximum Gasteiger partial charge on any atom is 0.191 e. The molecule has 0 saturated heterocycles. The fourth-order valence-electron chi connectivity index (χ4n) is 2.19. The first-order valence-electron chi connectivity index (χ1n) is 6.28. The quantitative estimate of drug-likeness (QED) is 0.462. The lowest BCUT2D eigenvalue weighted by molar-refractivity contribution is 0.329. The summed E-state index contributed by atoms with van der Waals surface area (Å²) in [7, 11) is 1.86. The van der Waals surface area contributed by atoms with Crippen molar-refractivity contribution in [3.05, 3.63) is 0 Å². The van der Waals surface area contributed by atoms with Crippen LogP contribution in [0.1, 0.15) is 45.4 Å². The average Bonchev–Trinajstić information content (AvgIpc) is 3.04. The van der Waals surface area contributed by atoms with Gasteiger partial charge in [0.2, 0.25) is 0 Å². The van der Waals surface area contributed by atoms with Crippen molar-refractivity contribution in [2.45, 2.75) is 57.5 Å². The van der Waals surface area contributed by atoms with Gasteiger partial charge in [-0.05, 0) is 44.4 Å². The van der Waals surface area contributed by atoms with E-state index >= 15 is 0 Å². The zero-order chi connectivity index (χ0) is 10.7. The van der Waals surface area contributed by atoms with Gasteiger partial charge in [0, 0.05) is 19.1 Å². The number of rotatable bonds is 2. The summed E-state index contributed by atoms with van der Waals surface area (Å²) >= 11 is 0. The van der Waals surface area contributed by atoms with E-state index in [1.54, 1.807) is 0 Å². The summed E-state index contributed by atoms with van der Waals surface area (Å²) in [6.45, 7) is 2.35. The highest BCUT2D eigenvalue weighted by molar-refractivity contribution is 14.0. The molecule has 0 heterocycles. The third-order valence-corrected chi connectivity index (χ3v) is 3.50. The molecule has 0 aromatic carbocycles. The maximum absolute atomic E-state index is 4.28. The van der Waals surface area contributed by atoms with Crippen LogP contribution < -0.4 is 10.6 Å². The molecule has 94 valence electrons. The Hall–Kier alpha value is 0. The first kappa shape index (κ1) is 14.1. The molecule has 0 radical (unpaired) electrons. The van der Waals surface area contributed by atoms with Crippen LogP contribution in [0.2, 0.25) is 0 Å². The molecule has 0 aromatic rings. The van der Waals surface area contributed by atoms with Crippen molar-refractivity contribution in [3.8, 4) is 0 Å². The Morgan fingerprint density at radius 3 is 1.75 bits per heavy atom. The second-order valence-corrected chi connectivity index (χ2v) is 5.09. The van der Waals surface area contributed by atoms with Gasteiger partial charge in [0.1, 0.15) is 0 Å². The highest BCUT2D eigenvalue weighted by Crippen LogP contribution is 2.23. The van der Waals surface area contributed by atoms with Crippen LogP contribution in [0.15, 0.2) is 4.99 Å². The number of nitrogens with zero attached hydrogens (tertiary/aromatic N) is 1. The topological polar surface area (TPSA) is 36.4 Å². The SMILES string of the molecule is CN=C(NC1CCC(C)CC1)NC1CC1.I. The number of hydrogen-bond acceptors (Lipinski definition) is 1. The largest absolute Gasteiger partial charge is 0.354 e. The van der Waals surface area contributed by atoms with E-state index in [0.29, 0.717) is 12.1 Å². The van der Waals surface area contributed by atoms with Crippen LogP contribution in [0.25, 0.3) is 0 Å². The van der Waals surface area contributed by atoms with E-state index in [9.17, 15) is 0 Å². The Kier molecular flexibility index (Phi) is 5.86. The van der Waals surface area contributed by atoms with Crippen LogP contribution in [-0.2, 0) is 0 Å². The third kappa shape index (κ3) is 4.47. The molecule has 0 amide bonds. The molecule has 0 aromatic heterocycles. The molecule has 3 nitrogen and oxygen atoms in total. The second kappa shape index (κ2) is 6.67. The number of halogens is 1. The fourth-order valence-corrected chi connectivity index (χ4v) is 2.19. The molecule has 2 aliphatic rings. The van der Waals surface area contributed by atoms with Crippen LogP contribution in [0.3, 0.4) is 0 Å². The van der Waals surface area contributed by atoms with E-state index in [-0.39, 0.29) is 24.0 Å². The molecule has 4 heteroatoms. The molecule has 0 bridgehead atoms. The predicted molar refractivity (Wildman–Crippen MR) is 79.5 cm³/mol. The minimum absolute atomic E-state index is 0. The number of hydrogen-bond donors (Lipinski definition) is 2. The number of aliphatic imine (C=N–C) groups is 1.